The largest absolute Gasteiger partial charge is 0.471 e. The summed E-state index contributed by atoms with van der Waals surface area (Å²) in [5.41, 5.74) is 2.36. The molecule has 0 radical (unpaired) electrons. The molecule has 3 nitrogen and oxygen atoms in total. The fraction of sp³-hybridized carbons (Fsp3) is 0.286. The van der Waals surface area contributed by atoms with Gasteiger partial charge in [-0.25, -0.2) is 9.37 Å². The number of ether oxygens (including phenoxy) is 1. The fourth-order valence-electron chi connectivity index (χ4n) is 2.21. The molecule has 2 aromatic rings. The van der Waals surface area contributed by atoms with Crippen LogP contribution in [0.2, 0.25) is 5.02 Å². The monoisotopic (exact) mass is 278 g/mol. The van der Waals surface area contributed by atoms with E-state index in [4.69, 9.17) is 16.3 Å². The molecular weight excluding hydrogens is 267 g/mol. The molecule has 0 N–H and O–H groups in total. The van der Waals surface area contributed by atoms with E-state index < -0.39 is 0 Å². The molecule has 0 atom stereocenters. The van der Waals surface area contributed by atoms with Crippen molar-refractivity contribution in [2.24, 2.45) is 0 Å². The van der Waals surface area contributed by atoms with Gasteiger partial charge in [0.25, 0.3) is 0 Å². The van der Waals surface area contributed by atoms with Gasteiger partial charge in [-0.3, -0.25) is 4.98 Å². The summed E-state index contributed by atoms with van der Waals surface area (Å²) in [7, 11) is 0. The van der Waals surface area contributed by atoms with Gasteiger partial charge in [-0.2, -0.15) is 0 Å². The summed E-state index contributed by atoms with van der Waals surface area (Å²) in [5, 5.41) is 0.680. The third-order valence-corrected chi connectivity index (χ3v) is 3.50. The molecule has 5 heteroatoms. The molecule has 0 bridgehead atoms. The van der Waals surface area contributed by atoms with Crippen LogP contribution < -0.4 is 4.74 Å². The van der Waals surface area contributed by atoms with Crippen LogP contribution in [0.4, 0.5) is 4.39 Å². The van der Waals surface area contributed by atoms with Gasteiger partial charge >= 0.3 is 0 Å². The first kappa shape index (κ1) is 12.4. The van der Waals surface area contributed by atoms with E-state index in [1.807, 2.05) is 0 Å². The Morgan fingerprint density at radius 3 is 3.11 bits per heavy atom. The number of pyridine rings is 2. The maximum Gasteiger partial charge on any atom is 0.215 e. The first-order valence-corrected chi connectivity index (χ1v) is 6.52. The third-order valence-electron chi connectivity index (χ3n) is 3.16. The third kappa shape index (κ3) is 2.54. The lowest BCUT2D eigenvalue weighted by molar-refractivity contribution is 0.282. The van der Waals surface area contributed by atoms with Gasteiger partial charge in [0.1, 0.15) is 18.1 Å². The van der Waals surface area contributed by atoms with Crippen LogP contribution in [0, 0.1) is 5.82 Å². The predicted octanol–water partition coefficient (Wildman–Crippen LogP) is 3.34. The summed E-state index contributed by atoms with van der Waals surface area (Å²) in [4.78, 5) is 8.33. The van der Waals surface area contributed by atoms with Crippen LogP contribution in [0.5, 0.6) is 5.88 Å². The normalized spacial score (nSPS) is 13.4. The van der Waals surface area contributed by atoms with Gasteiger partial charge in [0, 0.05) is 18.0 Å². The number of halogens is 2. The molecule has 0 amide bonds. The van der Waals surface area contributed by atoms with Crippen LogP contribution in [0.3, 0.4) is 0 Å². The van der Waals surface area contributed by atoms with E-state index >= 15 is 0 Å². The van der Waals surface area contributed by atoms with Gasteiger partial charge < -0.3 is 4.74 Å². The van der Waals surface area contributed by atoms with E-state index in [0.717, 1.165) is 30.5 Å². The zero-order valence-corrected chi connectivity index (χ0v) is 11.0. The number of aryl methyl sites for hydroxylation is 1. The summed E-state index contributed by atoms with van der Waals surface area (Å²) < 4.78 is 18.9. The fourth-order valence-corrected chi connectivity index (χ4v) is 2.51. The van der Waals surface area contributed by atoms with Crippen molar-refractivity contribution in [3.63, 3.8) is 0 Å². The predicted molar refractivity (Wildman–Crippen MR) is 69.8 cm³/mol. The van der Waals surface area contributed by atoms with E-state index in [0.29, 0.717) is 10.9 Å². The van der Waals surface area contributed by atoms with Crippen molar-refractivity contribution in [1.29, 1.82) is 0 Å². The Balaban J connectivity index is 1.78. The quantitative estimate of drug-likeness (QED) is 0.864. The molecule has 98 valence electrons. The molecule has 3 rings (SSSR count). The lowest BCUT2D eigenvalue weighted by atomic mass is 10.2. The van der Waals surface area contributed by atoms with Crippen LogP contribution in [0.15, 0.2) is 24.4 Å². The van der Waals surface area contributed by atoms with Crippen LogP contribution in [-0.4, -0.2) is 9.97 Å². The Bertz CT molecular complexity index is 618. The first-order valence-electron chi connectivity index (χ1n) is 6.14. The van der Waals surface area contributed by atoms with E-state index in [9.17, 15) is 4.39 Å². The van der Waals surface area contributed by atoms with E-state index in [1.165, 1.54) is 12.3 Å². The van der Waals surface area contributed by atoms with Crippen molar-refractivity contribution in [3.8, 4) is 5.88 Å². The molecule has 0 saturated heterocycles. The maximum atomic E-state index is 13.4. The summed E-state index contributed by atoms with van der Waals surface area (Å²) in [6.45, 7) is 0.0504. The Morgan fingerprint density at radius 2 is 2.26 bits per heavy atom. The highest BCUT2D eigenvalue weighted by Crippen LogP contribution is 2.30. The van der Waals surface area contributed by atoms with Gasteiger partial charge in [0.2, 0.25) is 5.88 Å². The van der Waals surface area contributed by atoms with Gasteiger partial charge in [0.15, 0.2) is 0 Å². The molecule has 2 aromatic heterocycles. The number of aromatic nitrogens is 2. The summed E-state index contributed by atoms with van der Waals surface area (Å²) >= 11 is 6.18. The van der Waals surface area contributed by atoms with Crippen molar-refractivity contribution >= 4 is 11.6 Å². The van der Waals surface area contributed by atoms with Crippen LogP contribution in [0.1, 0.15) is 23.4 Å². The zero-order chi connectivity index (χ0) is 13.2. The minimum absolute atomic E-state index is 0.0504. The number of fused-ring (bicyclic) bond motifs is 1. The first-order chi connectivity index (χ1) is 9.24. The molecule has 0 fully saturated rings. The Hall–Kier alpha value is -1.68. The highest BCUT2D eigenvalue weighted by atomic mass is 35.5. The van der Waals surface area contributed by atoms with Crippen molar-refractivity contribution in [2.45, 2.75) is 25.9 Å². The Morgan fingerprint density at radius 1 is 1.37 bits per heavy atom. The molecule has 0 aromatic carbocycles. The second-order valence-electron chi connectivity index (χ2n) is 4.44. The van der Waals surface area contributed by atoms with E-state index in [1.54, 1.807) is 12.1 Å². The van der Waals surface area contributed by atoms with Gasteiger partial charge in [0.05, 0.1) is 5.02 Å². The summed E-state index contributed by atoms with van der Waals surface area (Å²) in [5.74, 6) is 0.0467. The number of hydrogen-bond donors (Lipinski definition) is 0. The molecule has 1 aliphatic rings. The highest BCUT2D eigenvalue weighted by Gasteiger charge is 2.17. The van der Waals surface area contributed by atoms with Crippen LogP contribution in [0.25, 0.3) is 0 Å². The molecule has 1 aliphatic carbocycles. The second kappa shape index (κ2) is 5.13. The number of rotatable bonds is 3. The minimum Gasteiger partial charge on any atom is -0.471 e. The summed E-state index contributed by atoms with van der Waals surface area (Å²) in [6, 6.07) is 4.59. The highest BCUT2D eigenvalue weighted by molar-refractivity contribution is 6.31. The molecule has 0 aliphatic heterocycles. The molecule has 19 heavy (non-hydrogen) atoms. The Kier molecular flexibility index (Phi) is 3.34. The van der Waals surface area contributed by atoms with Crippen LogP contribution in [-0.2, 0) is 19.4 Å². The average Bonchev–Trinajstić information content (AvgIpc) is 2.87. The van der Waals surface area contributed by atoms with Gasteiger partial charge in [-0.15, -0.1) is 0 Å². The molecular formula is C14H12ClFN2O. The molecule has 0 saturated carbocycles. The van der Waals surface area contributed by atoms with Gasteiger partial charge in [-0.05, 0) is 37.0 Å². The topological polar surface area (TPSA) is 35.0 Å². The lowest BCUT2D eigenvalue weighted by Crippen LogP contribution is -2.03. The number of nitrogens with zero attached hydrogens (tertiary/aromatic N) is 2. The Labute approximate surface area is 115 Å². The smallest absolute Gasteiger partial charge is 0.215 e. The van der Waals surface area contributed by atoms with E-state index in [2.05, 4.69) is 9.97 Å². The number of hydrogen-bond acceptors (Lipinski definition) is 3. The zero-order valence-electron chi connectivity index (χ0n) is 10.2. The molecule has 0 unspecified atom stereocenters. The molecule has 2 heterocycles. The minimum atomic E-state index is -0.380. The lowest BCUT2D eigenvalue weighted by Gasteiger charge is -2.08. The summed E-state index contributed by atoms with van der Waals surface area (Å²) in [6.07, 6.45) is 4.49. The van der Waals surface area contributed by atoms with Crippen molar-refractivity contribution in [2.75, 3.05) is 0 Å². The van der Waals surface area contributed by atoms with Gasteiger partial charge in [-0.1, -0.05) is 11.6 Å². The van der Waals surface area contributed by atoms with Crippen molar-refractivity contribution in [3.05, 3.63) is 52.2 Å². The maximum absolute atomic E-state index is 13.4. The second-order valence-corrected chi connectivity index (χ2v) is 4.85. The molecule has 0 spiro atoms. The SMILES string of the molecule is Fc1cccnc1COc1cc(Cl)c2c(n1)CCC2. The van der Waals surface area contributed by atoms with E-state index in [-0.39, 0.29) is 18.1 Å². The average molecular weight is 279 g/mol. The standard InChI is InChI=1S/C14H12ClFN2O/c15-10-7-14(18-12-5-1-3-9(10)12)19-8-13-11(16)4-2-6-17-13/h2,4,6-7H,1,3,5,8H2. The van der Waals surface area contributed by atoms with Crippen molar-refractivity contribution < 1.29 is 9.13 Å². The van der Waals surface area contributed by atoms with Crippen LogP contribution >= 0.6 is 11.6 Å². The van der Waals surface area contributed by atoms with Crippen molar-refractivity contribution in [1.82, 2.24) is 9.97 Å².